The van der Waals surface area contributed by atoms with Crippen LogP contribution in [0.2, 0.25) is 0 Å². The summed E-state index contributed by atoms with van der Waals surface area (Å²) in [5.41, 5.74) is 3.99. The number of nitrogens with zero attached hydrogens (tertiary/aromatic N) is 3. The van der Waals surface area contributed by atoms with Gasteiger partial charge in [0.05, 0.1) is 0 Å². The number of rotatable bonds is 6. The molecule has 0 radical (unpaired) electrons. The fourth-order valence-electron chi connectivity index (χ4n) is 4.31. The lowest BCUT2D eigenvalue weighted by Crippen LogP contribution is -2.46. The van der Waals surface area contributed by atoms with Gasteiger partial charge in [-0.05, 0) is 49.1 Å². The van der Waals surface area contributed by atoms with E-state index in [1.807, 2.05) is 4.90 Å². The molecule has 1 N–H and O–H groups in total. The van der Waals surface area contributed by atoms with Crippen molar-refractivity contribution in [3.8, 4) is 0 Å². The SMILES string of the molecule is O=C(NCCCCN1CCN(c2ccccc2)CC1)N1CCc2ccccc2C1. The number of nitrogens with one attached hydrogen (secondary N) is 1. The van der Waals surface area contributed by atoms with Crippen molar-refractivity contribution in [3.63, 3.8) is 0 Å². The molecular formula is C24H32N4O. The lowest BCUT2D eigenvalue weighted by Gasteiger charge is -2.36. The van der Waals surface area contributed by atoms with Gasteiger partial charge in [0.25, 0.3) is 0 Å². The van der Waals surface area contributed by atoms with E-state index in [1.54, 1.807) is 0 Å². The lowest BCUT2D eigenvalue weighted by atomic mass is 10.0. The summed E-state index contributed by atoms with van der Waals surface area (Å²) in [7, 11) is 0. The van der Waals surface area contributed by atoms with Gasteiger partial charge in [-0.1, -0.05) is 42.5 Å². The largest absolute Gasteiger partial charge is 0.369 e. The Morgan fingerprint density at radius 2 is 1.55 bits per heavy atom. The Morgan fingerprint density at radius 1 is 0.828 bits per heavy atom. The smallest absolute Gasteiger partial charge is 0.317 e. The molecule has 2 aliphatic rings. The summed E-state index contributed by atoms with van der Waals surface area (Å²) in [6.07, 6.45) is 3.13. The number of hydrogen-bond donors (Lipinski definition) is 1. The standard InChI is InChI=1S/C24H32N4O/c29-24(28-15-12-21-8-4-5-9-22(21)20-28)25-13-6-7-14-26-16-18-27(19-17-26)23-10-2-1-3-11-23/h1-5,8-11H,6-7,12-20H2,(H,25,29). The van der Waals surface area contributed by atoms with Gasteiger partial charge in [0.2, 0.25) is 0 Å². The molecule has 1 saturated heterocycles. The van der Waals surface area contributed by atoms with E-state index in [0.29, 0.717) is 0 Å². The number of carbonyl (C=O) groups is 1. The summed E-state index contributed by atoms with van der Waals surface area (Å²) in [5, 5.41) is 3.11. The van der Waals surface area contributed by atoms with Gasteiger partial charge in [-0.2, -0.15) is 0 Å². The fraction of sp³-hybridized carbons (Fsp3) is 0.458. The minimum absolute atomic E-state index is 0.0796. The maximum Gasteiger partial charge on any atom is 0.317 e. The van der Waals surface area contributed by atoms with Crippen molar-refractivity contribution in [2.75, 3.05) is 50.7 Å². The van der Waals surface area contributed by atoms with Gasteiger partial charge in [0.15, 0.2) is 0 Å². The Balaban J connectivity index is 1.10. The molecule has 29 heavy (non-hydrogen) atoms. The third-order valence-corrected chi connectivity index (χ3v) is 6.09. The molecule has 0 spiro atoms. The van der Waals surface area contributed by atoms with Gasteiger partial charge in [-0.3, -0.25) is 4.90 Å². The number of unbranched alkanes of at least 4 members (excludes halogenated alkanes) is 1. The summed E-state index contributed by atoms with van der Waals surface area (Å²) in [5.74, 6) is 0. The van der Waals surface area contributed by atoms with Gasteiger partial charge in [0, 0.05) is 51.5 Å². The second kappa shape index (κ2) is 9.79. The Hall–Kier alpha value is -2.53. The molecule has 2 aliphatic heterocycles. The molecule has 1 fully saturated rings. The third kappa shape index (κ3) is 5.30. The van der Waals surface area contributed by atoms with Crippen LogP contribution in [0, 0.1) is 0 Å². The lowest BCUT2D eigenvalue weighted by molar-refractivity contribution is 0.191. The number of amides is 2. The Kier molecular flexibility index (Phi) is 6.67. The summed E-state index contributed by atoms with van der Waals surface area (Å²) in [6.45, 7) is 7.86. The van der Waals surface area contributed by atoms with Gasteiger partial charge < -0.3 is 15.1 Å². The van der Waals surface area contributed by atoms with Crippen molar-refractivity contribution in [1.29, 1.82) is 0 Å². The zero-order valence-corrected chi connectivity index (χ0v) is 17.2. The highest BCUT2D eigenvalue weighted by molar-refractivity contribution is 5.74. The number of urea groups is 1. The number of para-hydroxylation sites is 1. The first-order chi connectivity index (χ1) is 14.3. The van der Waals surface area contributed by atoms with Crippen LogP contribution >= 0.6 is 0 Å². The number of hydrogen-bond acceptors (Lipinski definition) is 3. The third-order valence-electron chi connectivity index (χ3n) is 6.09. The number of anilines is 1. The number of piperazine rings is 1. The molecule has 0 unspecified atom stereocenters. The van der Waals surface area contributed by atoms with Gasteiger partial charge >= 0.3 is 6.03 Å². The summed E-state index contributed by atoms with van der Waals surface area (Å²) >= 11 is 0. The molecule has 2 aromatic carbocycles. The van der Waals surface area contributed by atoms with Crippen LogP contribution in [0.3, 0.4) is 0 Å². The molecule has 2 amide bonds. The molecule has 0 aromatic heterocycles. The summed E-state index contributed by atoms with van der Waals surface area (Å²) < 4.78 is 0. The summed E-state index contributed by atoms with van der Waals surface area (Å²) in [4.78, 5) is 19.4. The van der Waals surface area contributed by atoms with Crippen molar-refractivity contribution >= 4 is 11.7 Å². The highest BCUT2D eigenvalue weighted by Crippen LogP contribution is 2.18. The first-order valence-electron chi connectivity index (χ1n) is 10.9. The predicted octanol–water partition coefficient (Wildman–Crippen LogP) is 3.36. The quantitative estimate of drug-likeness (QED) is 0.766. The van der Waals surface area contributed by atoms with Crippen molar-refractivity contribution in [1.82, 2.24) is 15.1 Å². The minimum Gasteiger partial charge on any atom is -0.369 e. The van der Waals surface area contributed by atoms with E-state index in [1.165, 1.54) is 16.8 Å². The Morgan fingerprint density at radius 3 is 2.34 bits per heavy atom. The minimum atomic E-state index is 0.0796. The zero-order chi connectivity index (χ0) is 19.9. The zero-order valence-electron chi connectivity index (χ0n) is 17.2. The van der Waals surface area contributed by atoms with Crippen molar-refractivity contribution in [3.05, 3.63) is 65.7 Å². The first kappa shape index (κ1) is 19.8. The van der Waals surface area contributed by atoms with Crippen LogP contribution in [0.25, 0.3) is 0 Å². The number of fused-ring (bicyclic) bond motifs is 1. The van der Waals surface area contributed by atoms with Crippen LogP contribution in [-0.2, 0) is 13.0 Å². The molecule has 0 bridgehead atoms. The van der Waals surface area contributed by atoms with Crippen LogP contribution in [-0.4, -0.2) is 61.6 Å². The van der Waals surface area contributed by atoms with Gasteiger partial charge in [0.1, 0.15) is 0 Å². The van der Waals surface area contributed by atoms with Gasteiger partial charge in [-0.25, -0.2) is 4.79 Å². The molecule has 4 rings (SSSR count). The Bertz CT molecular complexity index is 786. The molecule has 154 valence electrons. The van der Waals surface area contributed by atoms with Crippen molar-refractivity contribution < 1.29 is 4.79 Å². The molecule has 5 nitrogen and oxygen atoms in total. The van der Waals surface area contributed by atoms with Crippen molar-refractivity contribution in [2.24, 2.45) is 0 Å². The average Bonchev–Trinajstić information content (AvgIpc) is 2.79. The molecule has 2 heterocycles. The second-order valence-corrected chi connectivity index (χ2v) is 8.04. The van der Waals surface area contributed by atoms with Crippen LogP contribution in [0.4, 0.5) is 10.5 Å². The Labute approximate surface area is 174 Å². The fourth-order valence-corrected chi connectivity index (χ4v) is 4.31. The normalized spacial score (nSPS) is 17.1. The van der Waals surface area contributed by atoms with Gasteiger partial charge in [-0.15, -0.1) is 0 Å². The topological polar surface area (TPSA) is 38.8 Å². The van der Waals surface area contributed by atoms with E-state index in [4.69, 9.17) is 0 Å². The maximum absolute atomic E-state index is 12.4. The summed E-state index contributed by atoms with van der Waals surface area (Å²) in [6, 6.07) is 19.2. The van der Waals surface area contributed by atoms with Crippen LogP contribution < -0.4 is 10.2 Å². The molecular weight excluding hydrogens is 360 g/mol. The molecule has 0 atom stereocenters. The van der Waals surface area contributed by atoms with Crippen LogP contribution in [0.1, 0.15) is 24.0 Å². The average molecular weight is 393 g/mol. The number of benzene rings is 2. The van der Waals surface area contributed by atoms with Crippen LogP contribution in [0.5, 0.6) is 0 Å². The monoisotopic (exact) mass is 392 g/mol. The highest BCUT2D eigenvalue weighted by Gasteiger charge is 2.20. The van der Waals surface area contributed by atoms with Crippen molar-refractivity contribution in [2.45, 2.75) is 25.8 Å². The van der Waals surface area contributed by atoms with E-state index in [-0.39, 0.29) is 6.03 Å². The molecule has 5 heteroatoms. The van der Waals surface area contributed by atoms with E-state index in [9.17, 15) is 4.79 Å². The highest BCUT2D eigenvalue weighted by atomic mass is 16.2. The maximum atomic E-state index is 12.4. The molecule has 2 aromatic rings. The second-order valence-electron chi connectivity index (χ2n) is 8.04. The van der Waals surface area contributed by atoms with E-state index in [2.05, 4.69) is 69.7 Å². The van der Waals surface area contributed by atoms with E-state index < -0.39 is 0 Å². The first-order valence-corrected chi connectivity index (χ1v) is 10.9. The predicted molar refractivity (Wildman–Crippen MR) is 118 cm³/mol. The van der Waals surface area contributed by atoms with E-state index in [0.717, 1.165) is 71.6 Å². The van der Waals surface area contributed by atoms with Crippen LogP contribution in [0.15, 0.2) is 54.6 Å². The number of carbonyl (C=O) groups excluding carboxylic acids is 1. The molecule has 0 aliphatic carbocycles. The van der Waals surface area contributed by atoms with E-state index >= 15 is 0 Å². The molecule has 0 saturated carbocycles.